The Morgan fingerprint density at radius 2 is 1.96 bits per heavy atom. The highest BCUT2D eigenvalue weighted by molar-refractivity contribution is 7.16. The highest BCUT2D eigenvalue weighted by Crippen LogP contribution is 2.29. The van der Waals surface area contributed by atoms with Gasteiger partial charge in [-0.1, -0.05) is 18.2 Å². The molecule has 4 rings (SSSR count). The number of ether oxygens (including phenoxy) is 1. The SMILES string of the molecule is COc1ccccc1CCC(=O)N1CCN(c2nc(N)nc3sccc23)CC1. The monoisotopic (exact) mass is 397 g/mol. The smallest absolute Gasteiger partial charge is 0.223 e. The lowest BCUT2D eigenvalue weighted by Gasteiger charge is -2.35. The van der Waals surface area contributed by atoms with Crippen molar-refractivity contribution in [1.29, 1.82) is 0 Å². The molecule has 28 heavy (non-hydrogen) atoms. The zero-order valence-corrected chi connectivity index (χ0v) is 16.6. The van der Waals surface area contributed by atoms with E-state index in [2.05, 4.69) is 14.9 Å². The molecule has 1 amide bonds. The molecule has 1 aromatic carbocycles. The lowest BCUT2D eigenvalue weighted by Crippen LogP contribution is -2.49. The summed E-state index contributed by atoms with van der Waals surface area (Å²) in [6.45, 7) is 2.84. The van der Waals surface area contributed by atoms with Gasteiger partial charge < -0.3 is 20.3 Å². The first-order valence-corrected chi connectivity index (χ1v) is 10.2. The normalized spacial score (nSPS) is 14.5. The van der Waals surface area contributed by atoms with Crippen molar-refractivity contribution in [2.45, 2.75) is 12.8 Å². The number of hydrogen-bond acceptors (Lipinski definition) is 7. The molecule has 1 saturated heterocycles. The van der Waals surface area contributed by atoms with Gasteiger partial charge in [-0.3, -0.25) is 4.79 Å². The van der Waals surface area contributed by atoms with Crippen LogP contribution in [-0.2, 0) is 11.2 Å². The van der Waals surface area contributed by atoms with Crippen molar-refractivity contribution in [3.05, 3.63) is 41.3 Å². The van der Waals surface area contributed by atoms with Crippen molar-refractivity contribution in [2.75, 3.05) is 43.9 Å². The summed E-state index contributed by atoms with van der Waals surface area (Å²) in [5.41, 5.74) is 6.93. The average Bonchev–Trinajstić information content (AvgIpc) is 3.20. The molecule has 0 radical (unpaired) electrons. The minimum Gasteiger partial charge on any atom is -0.496 e. The van der Waals surface area contributed by atoms with Crippen molar-refractivity contribution >= 4 is 39.2 Å². The minimum atomic E-state index is 0.174. The Bertz CT molecular complexity index is 982. The van der Waals surface area contributed by atoms with Gasteiger partial charge in [-0.15, -0.1) is 11.3 Å². The van der Waals surface area contributed by atoms with E-state index in [1.807, 2.05) is 40.6 Å². The van der Waals surface area contributed by atoms with Gasteiger partial charge in [0.1, 0.15) is 16.4 Å². The van der Waals surface area contributed by atoms with Crippen LogP contribution >= 0.6 is 11.3 Å². The van der Waals surface area contributed by atoms with Gasteiger partial charge in [-0.2, -0.15) is 4.98 Å². The molecular formula is C20H23N5O2S. The Morgan fingerprint density at radius 3 is 2.75 bits per heavy atom. The average molecular weight is 398 g/mol. The number of nitrogens with two attached hydrogens (primary N) is 1. The molecule has 3 aromatic rings. The number of benzene rings is 1. The molecule has 8 heteroatoms. The summed E-state index contributed by atoms with van der Waals surface area (Å²) in [5.74, 6) is 2.17. The van der Waals surface area contributed by atoms with Gasteiger partial charge in [0.25, 0.3) is 0 Å². The van der Waals surface area contributed by atoms with Crippen LogP contribution in [-0.4, -0.2) is 54.1 Å². The second-order valence-corrected chi connectivity index (χ2v) is 7.62. The van der Waals surface area contributed by atoms with E-state index in [-0.39, 0.29) is 5.91 Å². The van der Waals surface area contributed by atoms with Crippen molar-refractivity contribution in [3.8, 4) is 5.75 Å². The Kier molecular flexibility index (Phi) is 5.29. The van der Waals surface area contributed by atoms with E-state index in [4.69, 9.17) is 10.5 Å². The quantitative estimate of drug-likeness (QED) is 0.712. The highest BCUT2D eigenvalue weighted by Gasteiger charge is 2.24. The standard InChI is InChI=1S/C20H23N5O2S/c1-27-16-5-3-2-4-14(16)6-7-17(26)24-9-11-25(12-10-24)18-15-8-13-28-19(15)23-20(21)22-18/h2-5,8,13H,6-7,9-12H2,1H3,(H2,21,22,23). The van der Waals surface area contributed by atoms with Crippen molar-refractivity contribution in [3.63, 3.8) is 0 Å². The number of nitrogens with zero attached hydrogens (tertiary/aromatic N) is 4. The largest absolute Gasteiger partial charge is 0.496 e. The lowest BCUT2D eigenvalue weighted by molar-refractivity contribution is -0.131. The van der Waals surface area contributed by atoms with Crippen LogP contribution in [0, 0.1) is 0 Å². The maximum Gasteiger partial charge on any atom is 0.223 e. The summed E-state index contributed by atoms with van der Waals surface area (Å²) in [6, 6.07) is 9.87. The number of carbonyl (C=O) groups is 1. The van der Waals surface area contributed by atoms with Gasteiger partial charge in [0.15, 0.2) is 0 Å². The van der Waals surface area contributed by atoms with E-state index in [9.17, 15) is 4.79 Å². The van der Waals surface area contributed by atoms with Gasteiger partial charge in [0, 0.05) is 32.6 Å². The first-order chi connectivity index (χ1) is 13.7. The molecule has 146 valence electrons. The number of fused-ring (bicyclic) bond motifs is 1. The Morgan fingerprint density at radius 1 is 1.18 bits per heavy atom. The summed E-state index contributed by atoms with van der Waals surface area (Å²) < 4.78 is 5.37. The summed E-state index contributed by atoms with van der Waals surface area (Å²) in [5, 5.41) is 3.02. The molecule has 1 fully saturated rings. The molecule has 1 aliphatic heterocycles. The lowest BCUT2D eigenvalue weighted by atomic mass is 10.1. The number of piperazine rings is 1. The Labute approximate surface area is 167 Å². The molecule has 0 saturated carbocycles. The van der Waals surface area contributed by atoms with E-state index in [0.29, 0.717) is 31.9 Å². The molecule has 0 bridgehead atoms. The van der Waals surface area contributed by atoms with E-state index in [1.165, 1.54) is 0 Å². The van der Waals surface area contributed by atoms with E-state index < -0.39 is 0 Å². The summed E-state index contributed by atoms with van der Waals surface area (Å²) in [7, 11) is 1.66. The molecule has 0 unspecified atom stereocenters. The zero-order chi connectivity index (χ0) is 19.5. The highest BCUT2D eigenvalue weighted by atomic mass is 32.1. The first-order valence-electron chi connectivity index (χ1n) is 9.31. The second kappa shape index (κ2) is 8.02. The molecule has 3 heterocycles. The number of thiophene rings is 1. The van der Waals surface area contributed by atoms with Gasteiger partial charge in [0.2, 0.25) is 11.9 Å². The van der Waals surface area contributed by atoms with Crippen LogP contribution in [0.5, 0.6) is 5.75 Å². The van der Waals surface area contributed by atoms with Crippen molar-refractivity contribution in [1.82, 2.24) is 14.9 Å². The molecule has 2 N–H and O–H groups in total. The Balaban J connectivity index is 1.37. The van der Waals surface area contributed by atoms with Crippen LogP contribution in [0.4, 0.5) is 11.8 Å². The van der Waals surface area contributed by atoms with Crippen LogP contribution in [0.15, 0.2) is 35.7 Å². The number of nitrogen functional groups attached to an aromatic ring is 1. The summed E-state index contributed by atoms with van der Waals surface area (Å²) in [6.07, 6.45) is 1.16. The third-order valence-electron chi connectivity index (χ3n) is 5.05. The van der Waals surface area contributed by atoms with Gasteiger partial charge >= 0.3 is 0 Å². The fraction of sp³-hybridized carbons (Fsp3) is 0.350. The molecule has 1 aliphatic rings. The van der Waals surface area contributed by atoms with Crippen LogP contribution in [0.2, 0.25) is 0 Å². The number of anilines is 2. The van der Waals surface area contributed by atoms with E-state index in [1.54, 1.807) is 18.4 Å². The molecule has 0 spiro atoms. The number of methoxy groups -OCH3 is 1. The zero-order valence-electron chi connectivity index (χ0n) is 15.8. The topological polar surface area (TPSA) is 84.6 Å². The predicted molar refractivity (Wildman–Crippen MR) is 112 cm³/mol. The number of amides is 1. The minimum absolute atomic E-state index is 0.174. The summed E-state index contributed by atoms with van der Waals surface area (Å²) >= 11 is 1.56. The van der Waals surface area contributed by atoms with Crippen molar-refractivity contribution < 1.29 is 9.53 Å². The maximum atomic E-state index is 12.7. The maximum absolute atomic E-state index is 12.7. The number of aromatic nitrogens is 2. The van der Waals surface area contributed by atoms with Crippen LogP contribution in [0.1, 0.15) is 12.0 Å². The number of hydrogen-bond donors (Lipinski definition) is 1. The molecule has 2 aromatic heterocycles. The predicted octanol–water partition coefficient (Wildman–Crippen LogP) is 2.56. The van der Waals surface area contributed by atoms with Crippen LogP contribution < -0.4 is 15.4 Å². The molecule has 0 aliphatic carbocycles. The third-order valence-corrected chi connectivity index (χ3v) is 5.86. The van der Waals surface area contributed by atoms with Crippen LogP contribution in [0.3, 0.4) is 0 Å². The molecule has 7 nitrogen and oxygen atoms in total. The fourth-order valence-corrected chi connectivity index (χ4v) is 4.34. The van der Waals surface area contributed by atoms with Gasteiger partial charge in [-0.05, 0) is 29.5 Å². The van der Waals surface area contributed by atoms with E-state index in [0.717, 1.165) is 40.4 Å². The van der Waals surface area contributed by atoms with Crippen LogP contribution in [0.25, 0.3) is 10.2 Å². The third kappa shape index (κ3) is 3.73. The number of para-hydroxylation sites is 1. The number of carbonyl (C=O) groups excluding carboxylic acids is 1. The van der Waals surface area contributed by atoms with E-state index >= 15 is 0 Å². The Hall–Kier alpha value is -2.87. The van der Waals surface area contributed by atoms with Crippen molar-refractivity contribution in [2.24, 2.45) is 0 Å². The van der Waals surface area contributed by atoms with Gasteiger partial charge in [0.05, 0.1) is 12.5 Å². The number of aryl methyl sites for hydroxylation is 1. The molecule has 0 atom stereocenters. The number of rotatable bonds is 5. The van der Waals surface area contributed by atoms with Gasteiger partial charge in [-0.25, -0.2) is 4.98 Å². The first kappa shape index (κ1) is 18.5. The fourth-order valence-electron chi connectivity index (χ4n) is 3.57. The summed E-state index contributed by atoms with van der Waals surface area (Å²) in [4.78, 5) is 26.4. The molecular weight excluding hydrogens is 374 g/mol. The second-order valence-electron chi connectivity index (χ2n) is 6.72.